The molecule has 0 aromatic heterocycles. The van der Waals surface area contributed by atoms with Crippen LogP contribution in [0.5, 0.6) is 0 Å². The summed E-state index contributed by atoms with van der Waals surface area (Å²) in [6, 6.07) is 8.91. The molecule has 3 rings (SSSR count). The summed E-state index contributed by atoms with van der Waals surface area (Å²) in [6.45, 7) is 0. The van der Waals surface area contributed by atoms with Gasteiger partial charge in [-0.25, -0.2) is 4.39 Å². The van der Waals surface area contributed by atoms with E-state index in [1.54, 1.807) is 12.1 Å². The SMILES string of the molecule is Nc1ccc2c(F)cccc2c1C1CCCC1. The van der Waals surface area contributed by atoms with E-state index in [9.17, 15) is 4.39 Å². The van der Waals surface area contributed by atoms with Crippen LogP contribution in [0.3, 0.4) is 0 Å². The van der Waals surface area contributed by atoms with Crippen molar-refractivity contribution in [3.8, 4) is 0 Å². The van der Waals surface area contributed by atoms with E-state index in [1.807, 2.05) is 12.1 Å². The highest BCUT2D eigenvalue weighted by molar-refractivity contribution is 5.90. The van der Waals surface area contributed by atoms with Crippen molar-refractivity contribution >= 4 is 16.5 Å². The molecule has 1 fully saturated rings. The minimum absolute atomic E-state index is 0.151. The number of hydrogen-bond acceptors (Lipinski definition) is 1. The molecule has 0 atom stereocenters. The first-order valence-electron chi connectivity index (χ1n) is 6.24. The first-order valence-corrected chi connectivity index (χ1v) is 6.24. The van der Waals surface area contributed by atoms with Crippen molar-refractivity contribution in [3.05, 3.63) is 41.7 Å². The van der Waals surface area contributed by atoms with Crippen molar-refractivity contribution < 1.29 is 4.39 Å². The fourth-order valence-electron chi connectivity index (χ4n) is 3.03. The molecule has 1 aliphatic carbocycles. The Bertz CT molecular complexity index is 556. The molecule has 0 bridgehead atoms. The maximum atomic E-state index is 13.7. The van der Waals surface area contributed by atoms with Crippen LogP contribution < -0.4 is 5.73 Å². The number of hydrogen-bond donors (Lipinski definition) is 1. The highest BCUT2D eigenvalue weighted by Gasteiger charge is 2.21. The predicted molar refractivity (Wildman–Crippen MR) is 69.5 cm³/mol. The highest BCUT2D eigenvalue weighted by atomic mass is 19.1. The van der Waals surface area contributed by atoms with E-state index in [1.165, 1.54) is 37.3 Å². The maximum absolute atomic E-state index is 13.7. The van der Waals surface area contributed by atoms with Gasteiger partial charge < -0.3 is 5.73 Å². The normalized spacial score (nSPS) is 16.8. The summed E-state index contributed by atoms with van der Waals surface area (Å²) in [4.78, 5) is 0. The summed E-state index contributed by atoms with van der Waals surface area (Å²) in [6.07, 6.45) is 4.88. The van der Waals surface area contributed by atoms with Gasteiger partial charge in [0.25, 0.3) is 0 Å². The first-order chi connectivity index (χ1) is 8.27. The zero-order valence-electron chi connectivity index (χ0n) is 9.75. The van der Waals surface area contributed by atoms with E-state index in [0.717, 1.165) is 11.1 Å². The van der Waals surface area contributed by atoms with Gasteiger partial charge in [-0.05, 0) is 47.9 Å². The van der Waals surface area contributed by atoms with Crippen LogP contribution in [0.2, 0.25) is 0 Å². The molecule has 2 aromatic rings. The van der Waals surface area contributed by atoms with E-state index in [4.69, 9.17) is 5.73 Å². The van der Waals surface area contributed by atoms with Gasteiger partial charge in [-0.2, -0.15) is 0 Å². The largest absolute Gasteiger partial charge is 0.398 e. The fraction of sp³-hybridized carbons (Fsp3) is 0.333. The molecular weight excluding hydrogens is 213 g/mol. The van der Waals surface area contributed by atoms with Gasteiger partial charge in [0, 0.05) is 11.1 Å². The Morgan fingerprint density at radius 2 is 1.76 bits per heavy atom. The number of anilines is 1. The molecule has 2 aromatic carbocycles. The quantitative estimate of drug-likeness (QED) is 0.728. The zero-order chi connectivity index (χ0) is 11.8. The summed E-state index contributed by atoms with van der Waals surface area (Å²) in [5, 5.41) is 1.69. The highest BCUT2D eigenvalue weighted by Crippen LogP contribution is 2.40. The third-order valence-corrected chi connectivity index (χ3v) is 3.85. The third kappa shape index (κ3) is 1.68. The first kappa shape index (κ1) is 10.6. The molecular formula is C15H16FN. The Kier molecular flexibility index (Phi) is 2.50. The van der Waals surface area contributed by atoms with Crippen LogP contribution in [0.4, 0.5) is 10.1 Å². The van der Waals surface area contributed by atoms with Crippen LogP contribution in [0, 0.1) is 5.82 Å². The Hall–Kier alpha value is -1.57. The van der Waals surface area contributed by atoms with E-state index in [2.05, 4.69) is 0 Å². The molecule has 2 N–H and O–H groups in total. The summed E-state index contributed by atoms with van der Waals surface area (Å²) >= 11 is 0. The van der Waals surface area contributed by atoms with Gasteiger partial charge in [-0.1, -0.05) is 25.0 Å². The Labute approximate surface area is 100 Å². The topological polar surface area (TPSA) is 26.0 Å². The number of fused-ring (bicyclic) bond motifs is 1. The van der Waals surface area contributed by atoms with Gasteiger partial charge in [0.2, 0.25) is 0 Å². The van der Waals surface area contributed by atoms with Gasteiger partial charge >= 0.3 is 0 Å². The van der Waals surface area contributed by atoms with Gasteiger partial charge in [-0.3, -0.25) is 0 Å². The van der Waals surface area contributed by atoms with Crippen LogP contribution in [-0.4, -0.2) is 0 Å². The second-order valence-corrected chi connectivity index (χ2v) is 4.88. The predicted octanol–water partition coefficient (Wildman–Crippen LogP) is 4.22. The second-order valence-electron chi connectivity index (χ2n) is 4.88. The van der Waals surface area contributed by atoms with Crippen molar-refractivity contribution in [1.29, 1.82) is 0 Å². The minimum atomic E-state index is -0.151. The second kappa shape index (κ2) is 4.02. The lowest BCUT2D eigenvalue weighted by Crippen LogP contribution is -2.00. The number of halogens is 1. The van der Waals surface area contributed by atoms with Gasteiger partial charge in [0.05, 0.1) is 0 Å². The molecule has 0 spiro atoms. The standard InChI is InChI=1S/C15H16FN/c16-13-7-3-6-12-11(13)8-9-14(17)15(12)10-4-1-2-5-10/h3,6-10H,1-2,4-5,17H2. The lowest BCUT2D eigenvalue weighted by molar-refractivity contribution is 0.639. The van der Waals surface area contributed by atoms with Crippen molar-refractivity contribution in [2.24, 2.45) is 0 Å². The van der Waals surface area contributed by atoms with Gasteiger partial charge in [0.1, 0.15) is 5.82 Å². The van der Waals surface area contributed by atoms with Crippen molar-refractivity contribution in [1.82, 2.24) is 0 Å². The average Bonchev–Trinajstić information content (AvgIpc) is 2.82. The molecule has 0 radical (unpaired) electrons. The minimum Gasteiger partial charge on any atom is -0.398 e. The average molecular weight is 229 g/mol. The monoisotopic (exact) mass is 229 g/mol. The number of nitrogens with two attached hydrogens (primary N) is 1. The molecule has 0 saturated heterocycles. The van der Waals surface area contributed by atoms with E-state index in [0.29, 0.717) is 11.3 Å². The molecule has 0 amide bonds. The maximum Gasteiger partial charge on any atom is 0.131 e. The number of rotatable bonds is 1. The van der Waals surface area contributed by atoms with E-state index in [-0.39, 0.29) is 5.82 Å². The summed E-state index contributed by atoms with van der Waals surface area (Å²) < 4.78 is 13.7. The van der Waals surface area contributed by atoms with E-state index >= 15 is 0 Å². The van der Waals surface area contributed by atoms with Crippen LogP contribution in [0.1, 0.15) is 37.2 Å². The molecule has 17 heavy (non-hydrogen) atoms. The van der Waals surface area contributed by atoms with E-state index < -0.39 is 0 Å². The molecule has 0 unspecified atom stereocenters. The lowest BCUT2D eigenvalue weighted by atomic mass is 9.90. The van der Waals surface area contributed by atoms with Crippen molar-refractivity contribution in [2.45, 2.75) is 31.6 Å². The van der Waals surface area contributed by atoms with Crippen LogP contribution in [-0.2, 0) is 0 Å². The number of benzene rings is 2. The van der Waals surface area contributed by atoms with Crippen molar-refractivity contribution in [2.75, 3.05) is 5.73 Å². The Morgan fingerprint density at radius 1 is 1.00 bits per heavy atom. The molecule has 2 heteroatoms. The molecule has 1 aliphatic rings. The Morgan fingerprint density at radius 3 is 2.53 bits per heavy atom. The van der Waals surface area contributed by atoms with Gasteiger partial charge in [0.15, 0.2) is 0 Å². The molecule has 1 saturated carbocycles. The molecule has 1 nitrogen and oxygen atoms in total. The molecule has 88 valence electrons. The third-order valence-electron chi connectivity index (χ3n) is 3.85. The van der Waals surface area contributed by atoms with Gasteiger partial charge in [-0.15, -0.1) is 0 Å². The lowest BCUT2D eigenvalue weighted by Gasteiger charge is -2.16. The summed E-state index contributed by atoms with van der Waals surface area (Å²) in [5.41, 5.74) is 8.08. The van der Waals surface area contributed by atoms with Crippen molar-refractivity contribution in [3.63, 3.8) is 0 Å². The zero-order valence-corrected chi connectivity index (χ0v) is 9.75. The smallest absolute Gasteiger partial charge is 0.131 e. The van der Waals surface area contributed by atoms with Crippen LogP contribution >= 0.6 is 0 Å². The summed E-state index contributed by atoms with van der Waals surface area (Å²) in [7, 11) is 0. The summed E-state index contributed by atoms with van der Waals surface area (Å²) in [5.74, 6) is 0.363. The number of nitrogen functional groups attached to an aromatic ring is 1. The fourth-order valence-corrected chi connectivity index (χ4v) is 3.03. The van der Waals surface area contributed by atoms with Crippen LogP contribution in [0.25, 0.3) is 10.8 Å². The molecule has 0 heterocycles. The molecule has 0 aliphatic heterocycles. The van der Waals surface area contributed by atoms with Crippen LogP contribution in [0.15, 0.2) is 30.3 Å². The Balaban J connectivity index is 2.27.